The summed E-state index contributed by atoms with van der Waals surface area (Å²) in [5, 5.41) is 0.956. The number of methoxy groups -OCH3 is 2. The molecule has 0 unspecified atom stereocenters. The minimum absolute atomic E-state index is 0.233. The van der Waals surface area contributed by atoms with Crippen molar-refractivity contribution in [3.8, 4) is 45.5 Å². The van der Waals surface area contributed by atoms with Crippen LogP contribution in [0.2, 0.25) is 10.0 Å². The van der Waals surface area contributed by atoms with Gasteiger partial charge in [0.05, 0.1) is 41.2 Å². The molecule has 0 amide bonds. The maximum atomic E-state index is 11.2. The van der Waals surface area contributed by atoms with Crippen LogP contribution in [-0.2, 0) is 0 Å². The van der Waals surface area contributed by atoms with E-state index in [1.165, 1.54) is 7.11 Å². The molecule has 4 aromatic rings. The number of rotatable bonds is 6. The van der Waals surface area contributed by atoms with Gasteiger partial charge in [0.15, 0.2) is 6.29 Å². The Bertz CT molecular complexity index is 1310. The molecule has 4 rings (SSSR count). The molecule has 0 aliphatic carbocycles. The fraction of sp³-hybridized carbons (Fsp3) is 0.0833. The van der Waals surface area contributed by atoms with E-state index < -0.39 is 0 Å². The average Bonchev–Trinajstić information content (AvgIpc) is 2.83. The molecule has 0 aliphatic rings. The zero-order valence-electron chi connectivity index (χ0n) is 17.2. The Hall–Kier alpha value is -3.48. The van der Waals surface area contributed by atoms with Gasteiger partial charge in [-0.25, -0.2) is 9.97 Å². The van der Waals surface area contributed by atoms with Crippen molar-refractivity contribution in [1.29, 1.82) is 0 Å². The number of aldehydes is 1. The minimum atomic E-state index is 0.233. The Balaban J connectivity index is 1.86. The first-order chi connectivity index (χ1) is 15.5. The van der Waals surface area contributed by atoms with Gasteiger partial charge in [-0.2, -0.15) is 0 Å². The lowest BCUT2D eigenvalue weighted by Gasteiger charge is -2.13. The second kappa shape index (κ2) is 9.34. The van der Waals surface area contributed by atoms with E-state index in [0.717, 1.165) is 11.1 Å². The summed E-state index contributed by atoms with van der Waals surface area (Å²) in [7, 11) is 3.00. The van der Waals surface area contributed by atoms with Crippen molar-refractivity contribution >= 4 is 29.5 Å². The van der Waals surface area contributed by atoms with Crippen molar-refractivity contribution in [2.75, 3.05) is 14.2 Å². The molecular weight excluding hydrogens is 449 g/mol. The zero-order valence-corrected chi connectivity index (χ0v) is 18.7. The molecule has 0 aliphatic heterocycles. The van der Waals surface area contributed by atoms with Crippen LogP contribution >= 0.6 is 23.2 Å². The third-order valence-electron chi connectivity index (χ3n) is 4.81. The third-order valence-corrected chi connectivity index (χ3v) is 5.52. The molecule has 0 atom stereocenters. The summed E-state index contributed by atoms with van der Waals surface area (Å²) in [5.74, 6) is 0.632. The summed E-state index contributed by atoms with van der Waals surface area (Å²) in [6.07, 6.45) is 2.35. The van der Waals surface area contributed by atoms with E-state index >= 15 is 0 Å². The van der Waals surface area contributed by atoms with Gasteiger partial charge >= 0.3 is 0 Å². The molecule has 0 saturated carbocycles. The largest absolute Gasteiger partial charge is 0.481 e. The summed E-state index contributed by atoms with van der Waals surface area (Å²) < 4.78 is 10.6. The lowest BCUT2D eigenvalue weighted by molar-refractivity contribution is 0.112. The highest BCUT2D eigenvalue weighted by molar-refractivity contribution is 6.36. The fourth-order valence-corrected chi connectivity index (χ4v) is 3.82. The van der Waals surface area contributed by atoms with Gasteiger partial charge in [0.25, 0.3) is 0 Å². The number of benzene rings is 1. The van der Waals surface area contributed by atoms with Crippen molar-refractivity contribution in [2.24, 2.45) is 0 Å². The van der Waals surface area contributed by atoms with Gasteiger partial charge < -0.3 is 9.47 Å². The zero-order chi connectivity index (χ0) is 22.7. The smallest absolute Gasteiger partial charge is 0.224 e. The number of pyridine rings is 3. The van der Waals surface area contributed by atoms with Crippen LogP contribution in [0, 0.1) is 0 Å². The lowest BCUT2D eigenvalue weighted by atomic mass is 10.0. The van der Waals surface area contributed by atoms with E-state index in [1.54, 1.807) is 43.6 Å². The molecule has 0 fully saturated rings. The van der Waals surface area contributed by atoms with Gasteiger partial charge in [-0.1, -0.05) is 41.4 Å². The second-order valence-corrected chi connectivity index (χ2v) is 7.48. The molecule has 160 valence electrons. The van der Waals surface area contributed by atoms with Gasteiger partial charge in [0.1, 0.15) is 5.69 Å². The van der Waals surface area contributed by atoms with Gasteiger partial charge in [-0.15, -0.1) is 0 Å². The summed E-state index contributed by atoms with van der Waals surface area (Å²) in [5.41, 5.74) is 4.25. The van der Waals surface area contributed by atoms with Crippen LogP contribution in [0.25, 0.3) is 33.8 Å². The number of ether oxygens (including phenoxy) is 2. The highest BCUT2D eigenvalue weighted by atomic mass is 35.5. The van der Waals surface area contributed by atoms with Crippen LogP contribution in [0.15, 0.2) is 60.8 Å². The number of carbonyl (C=O) groups is 1. The Labute approximate surface area is 194 Å². The number of aromatic nitrogens is 3. The van der Waals surface area contributed by atoms with Crippen molar-refractivity contribution < 1.29 is 14.3 Å². The van der Waals surface area contributed by atoms with Crippen molar-refractivity contribution in [3.05, 3.63) is 76.4 Å². The maximum absolute atomic E-state index is 11.2. The summed E-state index contributed by atoms with van der Waals surface area (Å²) in [6, 6.07) is 16.1. The molecule has 0 spiro atoms. The van der Waals surface area contributed by atoms with Crippen LogP contribution in [0.4, 0.5) is 0 Å². The average molecular weight is 466 g/mol. The summed E-state index contributed by atoms with van der Waals surface area (Å²) in [4.78, 5) is 24.5. The molecule has 0 N–H and O–H groups in total. The molecule has 3 heterocycles. The molecule has 6 nitrogen and oxygen atoms in total. The number of hydrogen-bond acceptors (Lipinski definition) is 6. The topological polar surface area (TPSA) is 74.2 Å². The third kappa shape index (κ3) is 4.15. The van der Waals surface area contributed by atoms with Crippen LogP contribution in [0.3, 0.4) is 0 Å². The lowest BCUT2D eigenvalue weighted by Crippen LogP contribution is -1.97. The van der Waals surface area contributed by atoms with Crippen molar-refractivity contribution in [2.45, 2.75) is 0 Å². The SMILES string of the molecule is COc1cc(-c2cccc(-c3ccc(C=O)c(OC)n3)c2Cl)cc(-c2ncccc2Cl)n1. The Morgan fingerprint density at radius 2 is 1.69 bits per heavy atom. The van der Waals surface area contributed by atoms with E-state index in [-0.39, 0.29) is 5.88 Å². The normalized spacial score (nSPS) is 10.6. The Morgan fingerprint density at radius 1 is 0.875 bits per heavy atom. The quantitative estimate of drug-likeness (QED) is 0.324. The molecule has 0 saturated heterocycles. The summed E-state index contributed by atoms with van der Waals surface area (Å²) >= 11 is 13.1. The minimum Gasteiger partial charge on any atom is -0.481 e. The molecule has 0 bridgehead atoms. The molecule has 3 aromatic heterocycles. The van der Waals surface area contributed by atoms with Crippen LogP contribution in [0.5, 0.6) is 11.8 Å². The first kappa shape index (κ1) is 21.7. The standard InChI is InChI=1S/C24H17Cl2N3O3/c1-31-21-12-15(11-20(28-21)23-18(25)7-4-10-27-23)16-5-3-6-17(22(16)26)19-9-8-14(13-30)24(29-19)32-2/h3-13H,1-2H3. The van der Waals surface area contributed by atoms with Crippen molar-refractivity contribution in [3.63, 3.8) is 0 Å². The van der Waals surface area contributed by atoms with E-state index in [9.17, 15) is 4.79 Å². The predicted molar refractivity (Wildman–Crippen MR) is 125 cm³/mol. The van der Waals surface area contributed by atoms with Crippen LogP contribution < -0.4 is 9.47 Å². The van der Waals surface area contributed by atoms with Crippen molar-refractivity contribution in [1.82, 2.24) is 15.0 Å². The molecule has 1 aromatic carbocycles. The van der Waals surface area contributed by atoms with Gasteiger partial charge in [0, 0.05) is 23.4 Å². The van der Waals surface area contributed by atoms with E-state index in [4.69, 9.17) is 32.7 Å². The molecule has 0 radical (unpaired) electrons. The van der Waals surface area contributed by atoms with E-state index in [2.05, 4.69) is 15.0 Å². The number of carbonyl (C=O) groups excluding carboxylic acids is 1. The summed E-state index contributed by atoms with van der Waals surface area (Å²) in [6.45, 7) is 0. The van der Waals surface area contributed by atoms with Gasteiger partial charge in [-0.3, -0.25) is 9.78 Å². The van der Waals surface area contributed by atoms with Gasteiger partial charge in [0.2, 0.25) is 11.8 Å². The number of halogens is 2. The monoisotopic (exact) mass is 465 g/mol. The van der Waals surface area contributed by atoms with Crippen LogP contribution in [0.1, 0.15) is 10.4 Å². The first-order valence-electron chi connectivity index (χ1n) is 9.52. The molecule has 8 heteroatoms. The highest BCUT2D eigenvalue weighted by Crippen LogP contribution is 2.39. The highest BCUT2D eigenvalue weighted by Gasteiger charge is 2.16. The Morgan fingerprint density at radius 3 is 2.41 bits per heavy atom. The van der Waals surface area contributed by atoms with E-state index in [1.807, 2.05) is 24.3 Å². The number of nitrogens with zero attached hydrogens (tertiary/aromatic N) is 3. The fourth-order valence-electron chi connectivity index (χ4n) is 3.27. The second-order valence-electron chi connectivity index (χ2n) is 6.70. The predicted octanol–water partition coefficient (Wildman–Crippen LogP) is 6.01. The first-order valence-corrected chi connectivity index (χ1v) is 10.3. The maximum Gasteiger partial charge on any atom is 0.224 e. The van der Waals surface area contributed by atoms with E-state index in [0.29, 0.717) is 50.4 Å². The number of hydrogen-bond donors (Lipinski definition) is 0. The molecular formula is C24H17Cl2N3O3. The molecule has 32 heavy (non-hydrogen) atoms. The van der Waals surface area contributed by atoms with Crippen LogP contribution in [-0.4, -0.2) is 35.5 Å². The Kier molecular flexibility index (Phi) is 6.35. The van der Waals surface area contributed by atoms with Gasteiger partial charge in [-0.05, 0) is 35.9 Å².